The molecule has 3 aromatic rings. The van der Waals surface area contributed by atoms with Crippen LogP contribution < -0.4 is 26.0 Å². The second kappa shape index (κ2) is 13.5. The number of amides is 4. The molecule has 0 saturated carbocycles. The molecular formula is C28H26N10O7S3. The van der Waals surface area contributed by atoms with E-state index in [2.05, 4.69) is 31.0 Å². The number of nitrogens with one attached hydrogen (secondary N) is 2. The van der Waals surface area contributed by atoms with Crippen molar-refractivity contribution in [3.63, 3.8) is 0 Å². The van der Waals surface area contributed by atoms with Crippen molar-refractivity contribution in [3.05, 3.63) is 69.1 Å². The van der Waals surface area contributed by atoms with Crippen LogP contribution in [0.3, 0.4) is 0 Å². The predicted molar refractivity (Wildman–Crippen MR) is 170 cm³/mol. The standard InChI is InChI=1S/C28H26N10O7S3/c1-13-33-34-28(48-13)31-18(39)10-36-5-2-3-14(8-36)9-37-6-4-15(23(37)41)7-16-11-46-25-20(24(42)38(25)21(16)26(43)44)32-22(40)19(35-45)17-12-47-27(29)30-17/h2-3,5,7-8,12,20,25H,4,6,9-11H2,1H3,(H5-,29,30,31,32,34,39,40,43,44,45)/b15-7+/t20-,25-/m1/s1. The number of nitrogens with two attached hydrogens (primary N) is 1. The number of oxime groups is 1. The highest BCUT2D eigenvalue weighted by Gasteiger charge is 2.53. The number of thiazole rings is 1. The molecular weight excluding hydrogens is 685 g/mol. The fourth-order valence-electron chi connectivity index (χ4n) is 5.38. The maximum absolute atomic E-state index is 13.3. The number of pyridine rings is 1. The molecule has 3 aromatic heterocycles. The molecule has 6 heterocycles. The summed E-state index contributed by atoms with van der Waals surface area (Å²) >= 11 is 3.50. The summed E-state index contributed by atoms with van der Waals surface area (Å²) in [6.07, 6.45) is 5.34. The van der Waals surface area contributed by atoms with Gasteiger partial charge in [-0.15, -0.1) is 33.3 Å². The molecule has 6 rings (SSSR count). The lowest BCUT2D eigenvalue weighted by Gasteiger charge is -2.50. The van der Waals surface area contributed by atoms with Crippen molar-refractivity contribution in [2.24, 2.45) is 5.16 Å². The second-order valence-corrected chi connectivity index (χ2v) is 13.9. The zero-order chi connectivity index (χ0) is 34.1. The third-order valence-electron chi connectivity index (χ3n) is 7.51. The minimum absolute atomic E-state index is 0.0198. The third-order valence-corrected chi connectivity index (χ3v) is 10.2. The molecule has 0 bridgehead atoms. The summed E-state index contributed by atoms with van der Waals surface area (Å²) in [7, 11) is 0. The molecule has 0 aromatic carbocycles. The first-order chi connectivity index (χ1) is 23.0. The van der Waals surface area contributed by atoms with Gasteiger partial charge in [0, 0.05) is 34.9 Å². The Morgan fingerprint density at radius 1 is 1.29 bits per heavy atom. The van der Waals surface area contributed by atoms with Crippen molar-refractivity contribution in [2.75, 3.05) is 23.3 Å². The van der Waals surface area contributed by atoms with Gasteiger partial charge in [0.25, 0.3) is 17.7 Å². The Balaban J connectivity index is 1.11. The molecule has 2 fully saturated rings. The topological polar surface area (TPSA) is 240 Å². The molecule has 20 heteroatoms. The Morgan fingerprint density at radius 3 is 2.79 bits per heavy atom. The van der Waals surface area contributed by atoms with Gasteiger partial charge in [-0.2, -0.15) is 4.57 Å². The number of anilines is 2. The van der Waals surface area contributed by atoms with Crippen LogP contribution in [0.15, 0.2) is 58.0 Å². The zero-order valence-corrected chi connectivity index (χ0v) is 27.4. The number of β-lactam (4-membered cyclic amide) rings is 1. The molecule has 0 radical (unpaired) electrons. The maximum atomic E-state index is 13.3. The Bertz CT molecular complexity index is 1940. The average molecular weight is 711 g/mol. The van der Waals surface area contributed by atoms with Gasteiger partial charge in [-0.05, 0) is 31.1 Å². The van der Waals surface area contributed by atoms with E-state index in [9.17, 15) is 34.3 Å². The van der Waals surface area contributed by atoms with Gasteiger partial charge in [0.2, 0.25) is 17.6 Å². The average Bonchev–Trinajstić information content (AvgIpc) is 3.76. The SMILES string of the molecule is Cc1nnc(NC(=O)C[n+]2cccc(CN3CC/C(=C\C4=C(C(=O)[O-])N5C(=O)[C@@H](NC(=O)/C(=N\O)c6csc(N)n6)[C@H]5SC4)C3=O)c2)s1. The van der Waals surface area contributed by atoms with Crippen LogP contribution >= 0.6 is 34.4 Å². The van der Waals surface area contributed by atoms with Crippen molar-refractivity contribution in [1.82, 2.24) is 30.3 Å². The van der Waals surface area contributed by atoms with E-state index in [4.69, 9.17) is 5.73 Å². The molecule has 48 heavy (non-hydrogen) atoms. The molecule has 248 valence electrons. The monoisotopic (exact) mass is 710 g/mol. The lowest BCUT2D eigenvalue weighted by Crippen LogP contribution is -2.71. The number of carbonyl (C=O) groups is 5. The molecule has 17 nitrogen and oxygen atoms in total. The van der Waals surface area contributed by atoms with Gasteiger partial charge in [0.05, 0.1) is 18.2 Å². The Hall–Kier alpha value is -5.21. The summed E-state index contributed by atoms with van der Waals surface area (Å²) in [5, 5.41) is 39.5. The molecule has 5 N–H and O–H groups in total. The predicted octanol–water partition coefficient (Wildman–Crippen LogP) is -1.25. The van der Waals surface area contributed by atoms with Crippen molar-refractivity contribution < 1.29 is 38.9 Å². The molecule has 2 saturated heterocycles. The van der Waals surface area contributed by atoms with Crippen LogP contribution in [0.4, 0.5) is 10.3 Å². The molecule has 3 aliphatic rings. The van der Waals surface area contributed by atoms with Crippen molar-refractivity contribution in [3.8, 4) is 0 Å². The van der Waals surface area contributed by atoms with Crippen LogP contribution in [0.2, 0.25) is 0 Å². The molecule has 0 aliphatic carbocycles. The normalized spacial score (nSPS) is 20.2. The van der Waals surface area contributed by atoms with Gasteiger partial charge in [-0.25, -0.2) is 4.98 Å². The number of hydrogen-bond donors (Lipinski definition) is 4. The number of carboxylic acids is 1. The third kappa shape index (κ3) is 6.62. The van der Waals surface area contributed by atoms with E-state index in [-0.39, 0.29) is 52.8 Å². The Labute approximate surface area is 283 Å². The van der Waals surface area contributed by atoms with E-state index in [1.807, 2.05) is 6.07 Å². The number of aryl methyl sites for hydroxylation is 1. The van der Waals surface area contributed by atoms with Gasteiger partial charge >= 0.3 is 0 Å². The summed E-state index contributed by atoms with van der Waals surface area (Å²) < 4.78 is 1.69. The number of carboxylic acid groups (broad SMARTS) is 1. The number of allylic oxidation sites excluding steroid dienone is 1. The number of aliphatic carboxylic acids is 1. The first-order valence-corrected chi connectivity index (χ1v) is 17.0. The number of nitrogen functional groups attached to an aromatic ring is 1. The van der Waals surface area contributed by atoms with Crippen LogP contribution in [0, 0.1) is 6.92 Å². The van der Waals surface area contributed by atoms with Crippen LogP contribution in [0.1, 0.15) is 22.7 Å². The fourth-order valence-corrected chi connectivity index (χ4v) is 7.85. The second-order valence-electron chi connectivity index (χ2n) is 10.7. The first-order valence-electron chi connectivity index (χ1n) is 14.2. The Kier molecular flexibility index (Phi) is 9.20. The largest absolute Gasteiger partial charge is 0.543 e. The summed E-state index contributed by atoms with van der Waals surface area (Å²) in [5.74, 6) is -3.62. The summed E-state index contributed by atoms with van der Waals surface area (Å²) in [6, 6.07) is 2.50. The summed E-state index contributed by atoms with van der Waals surface area (Å²) in [6.45, 7) is 2.46. The van der Waals surface area contributed by atoms with Gasteiger partial charge in [-0.1, -0.05) is 16.5 Å². The number of hydrogen-bond acceptors (Lipinski definition) is 15. The quantitative estimate of drug-likeness (QED) is 0.0482. The molecule has 0 unspecified atom stereocenters. The number of rotatable bonds is 10. The van der Waals surface area contributed by atoms with Gasteiger partial charge in [-0.3, -0.25) is 29.4 Å². The van der Waals surface area contributed by atoms with Crippen LogP contribution in [-0.2, 0) is 37.1 Å². The molecule has 3 aliphatic heterocycles. The van der Waals surface area contributed by atoms with Crippen molar-refractivity contribution in [1.29, 1.82) is 0 Å². The highest BCUT2D eigenvalue weighted by molar-refractivity contribution is 8.00. The molecule has 4 amide bonds. The zero-order valence-electron chi connectivity index (χ0n) is 25.0. The number of thioether (sulfide) groups is 1. The van der Waals surface area contributed by atoms with E-state index in [0.717, 1.165) is 26.8 Å². The fraction of sp³-hybridized carbons (Fsp3) is 0.286. The summed E-state index contributed by atoms with van der Waals surface area (Å²) in [4.78, 5) is 70.5. The van der Waals surface area contributed by atoms with Gasteiger partial charge < -0.3 is 31.1 Å². The smallest absolute Gasteiger partial charge is 0.292 e. The lowest BCUT2D eigenvalue weighted by molar-refractivity contribution is -0.684. The van der Waals surface area contributed by atoms with E-state index in [0.29, 0.717) is 23.7 Å². The maximum Gasteiger partial charge on any atom is 0.292 e. The van der Waals surface area contributed by atoms with Crippen LogP contribution in [0.25, 0.3) is 0 Å². The van der Waals surface area contributed by atoms with Crippen LogP contribution in [0.5, 0.6) is 0 Å². The number of aromatic nitrogens is 4. The van der Waals surface area contributed by atoms with E-state index < -0.39 is 34.9 Å². The summed E-state index contributed by atoms with van der Waals surface area (Å²) in [5.41, 5.74) is 6.19. The van der Waals surface area contributed by atoms with E-state index >= 15 is 0 Å². The Morgan fingerprint density at radius 2 is 2.10 bits per heavy atom. The molecule has 0 spiro atoms. The molecule has 2 atom stereocenters. The highest BCUT2D eigenvalue weighted by Crippen LogP contribution is 2.41. The highest BCUT2D eigenvalue weighted by atomic mass is 32.2. The van der Waals surface area contributed by atoms with Crippen molar-refractivity contribution >= 4 is 80.0 Å². The van der Waals surface area contributed by atoms with Crippen LogP contribution in [-0.4, -0.2) is 89.2 Å². The number of carbonyl (C=O) groups excluding carboxylic acids is 5. The lowest BCUT2D eigenvalue weighted by atomic mass is 10.0. The number of likely N-dealkylation sites (tertiary alicyclic amines) is 1. The van der Waals surface area contributed by atoms with E-state index in [1.165, 1.54) is 34.6 Å². The van der Waals surface area contributed by atoms with Gasteiger partial charge in [0.1, 0.15) is 22.1 Å². The van der Waals surface area contributed by atoms with Crippen molar-refractivity contribution in [2.45, 2.75) is 37.8 Å². The van der Waals surface area contributed by atoms with E-state index in [1.54, 1.807) is 34.9 Å². The first kappa shape index (κ1) is 32.7. The van der Waals surface area contributed by atoms with Gasteiger partial charge in [0.15, 0.2) is 23.2 Å². The minimum Gasteiger partial charge on any atom is -0.543 e. The minimum atomic E-state index is -1.60. The number of fused-ring (bicyclic) bond motifs is 1. The number of nitrogens with zero attached hydrogens (tertiary/aromatic N) is 7.